The van der Waals surface area contributed by atoms with E-state index in [0.717, 1.165) is 19.4 Å². The fourth-order valence-electron chi connectivity index (χ4n) is 1.89. The molecule has 74 valence electrons. The summed E-state index contributed by atoms with van der Waals surface area (Å²) in [6.45, 7) is 5.39. The van der Waals surface area contributed by atoms with Gasteiger partial charge < -0.3 is 10.1 Å². The number of hydrogen-bond acceptors (Lipinski definition) is 3. The van der Waals surface area contributed by atoms with E-state index in [9.17, 15) is 4.79 Å². The number of rotatable bonds is 3. The Balaban J connectivity index is 2.71. The Kier molecular flexibility index (Phi) is 3.48. The highest BCUT2D eigenvalue weighted by Crippen LogP contribution is 2.31. The molecule has 1 atom stereocenters. The molecule has 0 radical (unpaired) electrons. The zero-order valence-electron chi connectivity index (χ0n) is 8.14. The molecule has 0 saturated carbocycles. The fraction of sp³-hybridized carbons (Fsp3) is 0.700. The number of hydrogen-bond donors (Lipinski definition) is 1. The van der Waals surface area contributed by atoms with Crippen molar-refractivity contribution < 1.29 is 9.53 Å². The minimum absolute atomic E-state index is 0.111. The minimum Gasteiger partial charge on any atom is -0.469 e. The van der Waals surface area contributed by atoms with Crippen LogP contribution in [0.3, 0.4) is 0 Å². The molecule has 3 nitrogen and oxygen atoms in total. The van der Waals surface area contributed by atoms with Gasteiger partial charge in [-0.2, -0.15) is 0 Å². The van der Waals surface area contributed by atoms with Gasteiger partial charge in [0.25, 0.3) is 0 Å². The quantitative estimate of drug-likeness (QED) is 0.526. The Morgan fingerprint density at radius 3 is 3.00 bits per heavy atom. The van der Waals surface area contributed by atoms with E-state index in [0.29, 0.717) is 13.0 Å². The molecule has 0 aromatic carbocycles. The smallest absolute Gasteiger partial charge is 0.313 e. The SMILES string of the molecule is C=CCC1(C(=O)OC)CCCNC1. The maximum Gasteiger partial charge on any atom is 0.313 e. The Morgan fingerprint density at radius 1 is 1.77 bits per heavy atom. The van der Waals surface area contributed by atoms with Gasteiger partial charge in [-0.15, -0.1) is 6.58 Å². The highest BCUT2D eigenvalue weighted by Gasteiger charge is 2.39. The van der Waals surface area contributed by atoms with Crippen molar-refractivity contribution >= 4 is 5.97 Å². The van der Waals surface area contributed by atoms with Crippen LogP contribution >= 0.6 is 0 Å². The second-order valence-electron chi connectivity index (χ2n) is 3.55. The van der Waals surface area contributed by atoms with Gasteiger partial charge in [-0.1, -0.05) is 6.08 Å². The second kappa shape index (κ2) is 4.42. The van der Waals surface area contributed by atoms with Crippen molar-refractivity contribution in [3.63, 3.8) is 0 Å². The van der Waals surface area contributed by atoms with Gasteiger partial charge in [0.05, 0.1) is 12.5 Å². The summed E-state index contributed by atoms with van der Waals surface area (Å²) in [5.74, 6) is -0.111. The third kappa shape index (κ3) is 2.10. The Bertz CT molecular complexity index is 195. The van der Waals surface area contributed by atoms with Crippen molar-refractivity contribution in [3.05, 3.63) is 12.7 Å². The molecule has 13 heavy (non-hydrogen) atoms. The third-order valence-electron chi connectivity index (χ3n) is 2.63. The molecule has 0 amide bonds. The molecule has 0 aromatic rings. The van der Waals surface area contributed by atoms with Gasteiger partial charge in [0.1, 0.15) is 0 Å². The Hall–Kier alpha value is -0.830. The molecule has 1 aliphatic heterocycles. The number of nitrogens with one attached hydrogen (secondary N) is 1. The Labute approximate surface area is 79.2 Å². The molecule has 0 aromatic heterocycles. The van der Waals surface area contributed by atoms with E-state index < -0.39 is 0 Å². The van der Waals surface area contributed by atoms with Gasteiger partial charge in [-0.05, 0) is 25.8 Å². The first-order valence-electron chi connectivity index (χ1n) is 4.65. The van der Waals surface area contributed by atoms with Crippen LogP contribution in [0.2, 0.25) is 0 Å². The van der Waals surface area contributed by atoms with Crippen LogP contribution in [0.25, 0.3) is 0 Å². The van der Waals surface area contributed by atoms with Crippen LogP contribution in [0.4, 0.5) is 0 Å². The summed E-state index contributed by atoms with van der Waals surface area (Å²) >= 11 is 0. The lowest BCUT2D eigenvalue weighted by Gasteiger charge is -2.33. The summed E-state index contributed by atoms with van der Waals surface area (Å²) in [4.78, 5) is 11.6. The molecule has 1 N–H and O–H groups in total. The van der Waals surface area contributed by atoms with Crippen molar-refractivity contribution in [2.24, 2.45) is 5.41 Å². The van der Waals surface area contributed by atoms with Crippen LogP contribution in [0, 0.1) is 5.41 Å². The highest BCUT2D eigenvalue weighted by molar-refractivity contribution is 5.77. The van der Waals surface area contributed by atoms with Gasteiger partial charge in [0, 0.05) is 6.54 Å². The zero-order valence-corrected chi connectivity index (χ0v) is 8.14. The summed E-state index contributed by atoms with van der Waals surface area (Å²) < 4.78 is 4.82. The standard InChI is InChI=1S/C10H17NO2/c1-3-5-10(9(12)13-2)6-4-7-11-8-10/h3,11H,1,4-8H2,2H3. The molecule has 1 aliphatic rings. The molecule has 1 unspecified atom stereocenters. The van der Waals surface area contributed by atoms with E-state index >= 15 is 0 Å². The largest absolute Gasteiger partial charge is 0.469 e. The third-order valence-corrected chi connectivity index (χ3v) is 2.63. The monoisotopic (exact) mass is 183 g/mol. The van der Waals surface area contributed by atoms with E-state index in [4.69, 9.17) is 4.74 Å². The number of ether oxygens (including phenoxy) is 1. The van der Waals surface area contributed by atoms with Crippen LogP contribution in [0.1, 0.15) is 19.3 Å². The molecule has 0 spiro atoms. The summed E-state index contributed by atoms with van der Waals surface area (Å²) in [6, 6.07) is 0. The molecule has 3 heteroatoms. The first kappa shape index (κ1) is 10.3. The van der Waals surface area contributed by atoms with E-state index in [1.807, 2.05) is 0 Å². The molecule has 1 fully saturated rings. The van der Waals surface area contributed by atoms with Gasteiger partial charge in [-0.25, -0.2) is 0 Å². The molecule has 0 aliphatic carbocycles. The summed E-state index contributed by atoms with van der Waals surface area (Å²) in [5.41, 5.74) is -0.352. The molecule has 1 rings (SSSR count). The first-order chi connectivity index (χ1) is 6.25. The van der Waals surface area contributed by atoms with Gasteiger partial charge in [0.2, 0.25) is 0 Å². The average molecular weight is 183 g/mol. The molecule has 1 saturated heterocycles. The predicted octanol–water partition coefficient (Wildman–Crippen LogP) is 1.11. The normalized spacial score (nSPS) is 28.1. The van der Waals surface area contributed by atoms with Crippen molar-refractivity contribution in [3.8, 4) is 0 Å². The van der Waals surface area contributed by atoms with E-state index in [1.54, 1.807) is 6.08 Å². The molecular weight excluding hydrogens is 166 g/mol. The topological polar surface area (TPSA) is 38.3 Å². The van der Waals surface area contributed by atoms with Crippen molar-refractivity contribution in [1.82, 2.24) is 5.32 Å². The number of carbonyl (C=O) groups is 1. The molecule has 0 bridgehead atoms. The predicted molar refractivity (Wildman–Crippen MR) is 51.4 cm³/mol. The second-order valence-corrected chi connectivity index (χ2v) is 3.55. The fourth-order valence-corrected chi connectivity index (χ4v) is 1.89. The number of allylic oxidation sites excluding steroid dienone is 1. The van der Waals surface area contributed by atoms with E-state index in [-0.39, 0.29) is 11.4 Å². The summed E-state index contributed by atoms with van der Waals surface area (Å²) in [7, 11) is 1.45. The molecular formula is C10H17NO2. The van der Waals surface area contributed by atoms with Crippen molar-refractivity contribution in [1.29, 1.82) is 0 Å². The zero-order chi connectivity index (χ0) is 9.73. The van der Waals surface area contributed by atoms with E-state index in [1.165, 1.54) is 7.11 Å². The van der Waals surface area contributed by atoms with Crippen molar-refractivity contribution in [2.75, 3.05) is 20.2 Å². The number of methoxy groups -OCH3 is 1. The van der Waals surface area contributed by atoms with Crippen LogP contribution in [0.15, 0.2) is 12.7 Å². The van der Waals surface area contributed by atoms with Gasteiger partial charge in [0.15, 0.2) is 0 Å². The maximum absolute atomic E-state index is 11.6. The Morgan fingerprint density at radius 2 is 2.54 bits per heavy atom. The van der Waals surface area contributed by atoms with Crippen LogP contribution < -0.4 is 5.32 Å². The summed E-state index contributed by atoms with van der Waals surface area (Å²) in [6.07, 6.45) is 4.43. The van der Waals surface area contributed by atoms with Crippen LogP contribution in [0.5, 0.6) is 0 Å². The number of piperidine rings is 1. The average Bonchev–Trinajstić information content (AvgIpc) is 2.18. The minimum atomic E-state index is -0.352. The molecule has 1 heterocycles. The lowest BCUT2D eigenvalue weighted by Crippen LogP contribution is -2.45. The number of esters is 1. The van der Waals surface area contributed by atoms with Crippen LogP contribution in [-0.2, 0) is 9.53 Å². The van der Waals surface area contributed by atoms with Gasteiger partial charge >= 0.3 is 5.97 Å². The highest BCUT2D eigenvalue weighted by atomic mass is 16.5. The number of carbonyl (C=O) groups excluding carboxylic acids is 1. The van der Waals surface area contributed by atoms with Crippen molar-refractivity contribution in [2.45, 2.75) is 19.3 Å². The lowest BCUT2D eigenvalue weighted by atomic mass is 9.78. The lowest BCUT2D eigenvalue weighted by molar-refractivity contribution is -0.153. The van der Waals surface area contributed by atoms with Crippen LogP contribution in [-0.4, -0.2) is 26.2 Å². The van der Waals surface area contributed by atoms with Gasteiger partial charge in [-0.3, -0.25) is 4.79 Å². The van der Waals surface area contributed by atoms with E-state index in [2.05, 4.69) is 11.9 Å². The first-order valence-corrected chi connectivity index (χ1v) is 4.65. The maximum atomic E-state index is 11.6. The summed E-state index contributed by atoms with van der Waals surface area (Å²) in [5, 5.41) is 3.23.